The summed E-state index contributed by atoms with van der Waals surface area (Å²) < 4.78 is 0. The van der Waals surface area contributed by atoms with Crippen molar-refractivity contribution in [2.45, 2.75) is 19.9 Å². The Morgan fingerprint density at radius 2 is 2.47 bits per heavy atom. The Morgan fingerprint density at radius 1 is 1.67 bits per heavy atom. The van der Waals surface area contributed by atoms with Crippen molar-refractivity contribution in [3.63, 3.8) is 0 Å². The van der Waals surface area contributed by atoms with E-state index in [9.17, 15) is 4.79 Å². The first-order valence-electron chi connectivity index (χ1n) is 4.79. The fourth-order valence-corrected chi connectivity index (χ4v) is 1.76. The van der Waals surface area contributed by atoms with Crippen LogP contribution in [0.5, 0.6) is 0 Å². The van der Waals surface area contributed by atoms with E-state index in [0.29, 0.717) is 19.5 Å². The molecule has 0 radical (unpaired) electrons. The standard InChI is InChI=1S/C11H14N2OS/c1-2-11(14)13-7-10-6-9(8-15-10)4-3-5-12/h6,8H,2,5,7,12H2,1H3,(H,13,14). The predicted molar refractivity (Wildman–Crippen MR) is 62.4 cm³/mol. The van der Waals surface area contributed by atoms with Crippen LogP contribution < -0.4 is 11.1 Å². The Bertz CT molecular complexity index is 387. The average Bonchev–Trinajstić information content (AvgIpc) is 2.71. The van der Waals surface area contributed by atoms with Crippen LogP contribution >= 0.6 is 11.3 Å². The van der Waals surface area contributed by atoms with Crippen LogP contribution in [0.4, 0.5) is 0 Å². The highest BCUT2D eigenvalue weighted by molar-refractivity contribution is 7.10. The number of hydrogen-bond acceptors (Lipinski definition) is 3. The minimum Gasteiger partial charge on any atom is -0.351 e. The summed E-state index contributed by atoms with van der Waals surface area (Å²) in [5.41, 5.74) is 6.24. The molecular weight excluding hydrogens is 208 g/mol. The first-order chi connectivity index (χ1) is 7.26. The van der Waals surface area contributed by atoms with E-state index < -0.39 is 0 Å². The lowest BCUT2D eigenvalue weighted by atomic mass is 10.3. The van der Waals surface area contributed by atoms with Crippen molar-refractivity contribution < 1.29 is 4.79 Å². The molecule has 0 spiro atoms. The highest BCUT2D eigenvalue weighted by Crippen LogP contribution is 2.13. The second-order valence-corrected chi connectivity index (χ2v) is 3.93. The number of carbonyl (C=O) groups is 1. The molecule has 0 aromatic carbocycles. The summed E-state index contributed by atoms with van der Waals surface area (Å²) in [5.74, 6) is 5.81. The number of rotatable bonds is 3. The van der Waals surface area contributed by atoms with Gasteiger partial charge in [0.05, 0.1) is 13.1 Å². The second-order valence-electron chi connectivity index (χ2n) is 2.94. The van der Waals surface area contributed by atoms with Gasteiger partial charge in [-0.2, -0.15) is 0 Å². The predicted octanol–water partition coefficient (Wildman–Crippen LogP) is 1.08. The van der Waals surface area contributed by atoms with Crippen LogP contribution in [0.25, 0.3) is 0 Å². The molecule has 3 nitrogen and oxygen atoms in total. The molecule has 1 aromatic rings. The zero-order chi connectivity index (χ0) is 11.1. The van der Waals surface area contributed by atoms with E-state index in [1.807, 2.05) is 18.4 Å². The Kier molecular flexibility index (Phi) is 4.88. The van der Waals surface area contributed by atoms with Gasteiger partial charge in [-0.15, -0.1) is 11.3 Å². The van der Waals surface area contributed by atoms with Gasteiger partial charge in [0.1, 0.15) is 0 Å². The molecular formula is C11H14N2OS. The number of carbonyl (C=O) groups excluding carboxylic acids is 1. The third-order valence-electron chi connectivity index (χ3n) is 1.77. The van der Waals surface area contributed by atoms with Gasteiger partial charge in [0.15, 0.2) is 0 Å². The molecule has 0 atom stereocenters. The van der Waals surface area contributed by atoms with Crippen LogP contribution in [0.1, 0.15) is 23.8 Å². The summed E-state index contributed by atoms with van der Waals surface area (Å²) in [7, 11) is 0. The minimum absolute atomic E-state index is 0.0676. The smallest absolute Gasteiger partial charge is 0.220 e. The van der Waals surface area contributed by atoms with Crippen LogP contribution in [0, 0.1) is 11.8 Å². The van der Waals surface area contributed by atoms with Crippen molar-refractivity contribution >= 4 is 17.2 Å². The van der Waals surface area contributed by atoms with E-state index in [4.69, 9.17) is 5.73 Å². The maximum Gasteiger partial charge on any atom is 0.220 e. The molecule has 0 aliphatic rings. The lowest BCUT2D eigenvalue weighted by Gasteiger charge is -1.99. The first-order valence-corrected chi connectivity index (χ1v) is 5.67. The van der Waals surface area contributed by atoms with Gasteiger partial charge < -0.3 is 11.1 Å². The second kappa shape index (κ2) is 6.23. The number of amides is 1. The largest absolute Gasteiger partial charge is 0.351 e. The SMILES string of the molecule is CCC(=O)NCc1cc(C#CCN)cs1. The van der Waals surface area contributed by atoms with Crippen LogP contribution in [-0.2, 0) is 11.3 Å². The van der Waals surface area contributed by atoms with Crippen molar-refractivity contribution in [1.82, 2.24) is 5.32 Å². The van der Waals surface area contributed by atoms with E-state index >= 15 is 0 Å². The van der Waals surface area contributed by atoms with E-state index in [1.54, 1.807) is 11.3 Å². The maximum atomic E-state index is 11.0. The summed E-state index contributed by atoms with van der Waals surface area (Å²) >= 11 is 1.59. The Labute approximate surface area is 93.7 Å². The fraction of sp³-hybridized carbons (Fsp3) is 0.364. The van der Waals surface area contributed by atoms with Crippen LogP contribution in [0.2, 0.25) is 0 Å². The topological polar surface area (TPSA) is 55.1 Å². The molecule has 80 valence electrons. The molecule has 1 heterocycles. The van der Waals surface area contributed by atoms with Crippen LogP contribution in [0.15, 0.2) is 11.4 Å². The van der Waals surface area contributed by atoms with Gasteiger partial charge in [-0.1, -0.05) is 18.8 Å². The first kappa shape index (κ1) is 11.8. The molecule has 1 amide bonds. The van der Waals surface area contributed by atoms with E-state index in [2.05, 4.69) is 17.2 Å². The third kappa shape index (κ3) is 4.15. The average molecular weight is 222 g/mol. The number of thiophene rings is 1. The monoisotopic (exact) mass is 222 g/mol. The summed E-state index contributed by atoms with van der Waals surface area (Å²) in [4.78, 5) is 12.1. The van der Waals surface area contributed by atoms with Crippen molar-refractivity contribution in [1.29, 1.82) is 0 Å². The molecule has 15 heavy (non-hydrogen) atoms. The molecule has 0 saturated carbocycles. The molecule has 0 unspecified atom stereocenters. The molecule has 1 rings (SSSR count). The van der Waals surface area contributed by atoms with Crippen LogP contribution in [-0.4, -0.2) is 12.5 Å². The van der Waals surface area contributed by atoms with Gasteiger partial charge in [-0.3, -0.25) is 4.79 Å². The molecule has 0 saturated heterocycles. The fourth-order valence-electron chi connectivity index (χ4n) is 1.00. The Hall–Kier alpha value is -1.31. The zero-order valence-electron chi connectivity index (χ0n) is 8.67. The van der Waals surface area contributed by atoms with Crippen molar-refractivity contribution in [2.24, 2.45) is 5.73 Å². The van der Waals surface area contributed by atoms with Gasteiger partial charge in [0.25, 0.3) is 0 Å². The number of nitrogens with one attached hydrogen (secondary N) is 1. The van der Waals surface area contributed by atoms with Gasteiger partial charge in [0, 0.05) is 22.2 Å². The zero-order valence-corrected chi connectivity index (χ0v) is 9.49. The number of nitrogens with two attached hydrogens (primary N) is 1. The lowest BCUT2D eigenvalue weighted by Crippen LogP contribution is -2.20. The van der Waals surface area contributed by atoms with Crippen molar-refractivity contribution in [3.05, 3.63) is 21.9 Å². The van der Waals surface area contributed by atoms with Gasteiger partial charge in [-0.25, -0.2) is 0 Å². The molecule has 3 N–H and O–H groups in total. The Morgan fingerprint density at radius 3 is 3.13 bits per heavy atom. The van der Waals surface area contributed by atoms with Crippen LogP contribution in [0.3, 0.4) is 0 Å². The normalized spacial score (nSPS) is 9.20. The van der Waals surface area contributed by atoms with E-state index in [1.165, 1.54) is 0 Å². The molecule has 1 aromatic heterocycles. The number of hydrogen-bond donors (Lipinski definition) is 2. The van der Waals surface area contributed by atoms with E-state index in [-0.39, 0.29) is 5.91 Å². The molecule has 0 bridgehead atoms. The minimum atomic E-state index is 0.0676. The van der Waals surface area contributed by atoms with Gasteiger partial charge in [0.2, 0.25) is 5.91 Å². The molecule has 4 heteroatoms. The molecule has 0 aliphatic heterocycles. The van der Waals surface area contributed by atoms with Gasteiger partial charge in [-0.05, 0) is 6.07 Å². The highest BCUT2D eigenvalue weighted by Gasteiger charge is 2.00. The van der Waals surface area contributed by atoms with E-state index in [0.717, 1.165) is 10.4 Å². The van der Waals surface area contributed by atoms with Gasteiger partial charge >= 0.3 is 0 Å². The maximum absolute atomic E-state index is 11.0. The summed E-state index contributed by atoms with van der Waals surface area (Å²) in [6, 6.07) is 1.98. The third-order valence-corrected chi connectivity index (χ3v) is 2.71. The quantitative estimate of drug-likeness (QED) is 0.752. The Balaban J connectivity index is 2.49. The summed E-state index contributed by atoms with van der Waals surface area (Å²) in [5, 5.41) is 4.78. The highest BCUT2D eigenvalue weighted by atomic mass is 32.1. The molecule has 0 fully saturated rings. The lowest BCUT2D eigenvalue weighted by molar-refractivity contribution is -0.120. The van der Waals surface area contributed by atoms with Crippen molar-refractivity contribution in [2.75, 3.05) is 6.54 Å². The van der Waals surface area contributed by atoms with Crippen molar-refractivity contribution in [3.8, 4) is 11.8 Å². The summed E-state index contributed by atoms with van der Waals surface area (Å²) in [6.07, 6.45) is 0.519. The molecule has 0 aliphatic carbocycles. The summed E-state index contributed by atoms with van der Waals surface area (Å²) in [6.45, 7) is 2.79.